The van der Waals surface area contributed by atoms with Gasteiger partial charge in [-0.25, -0.2) is 0 Å². The summed E-state index contributed by atoms with van der Waals surface area (Å²) in [6.07, 6.45) is 0. The Morgan fingerprint density at radius 1 is 1.24 bits per heavy atom. The number of rotatable bonds is 8. The molecule has 1 aromatic carbocycles. The van der Waals surface area contributed by atoms with Crippen LogP contribution in [-0.4, -0.2) is 37.6 Å². The van der Waals surface area contributed by atoms with Crippen LogP contribution in [0.3, 0.4) is 0 Å². The molecule has 0 amide bonds. The molecule has 0 aliphatic rings. The van der Waals surface area contributed by atoms with Crippen molar-refractivity contribution in [1.29, 1.82) is 0 Å². The first-order valence-corrected chi connectivity index (χ1v) is 7.85. The number of aryl methyl sites for hydroxylation is 1. The van der Waals surface area contributed by atoms with E-state index in [2.05, 4.69) is 30.1 Å². The lowest BCUT2D eigenvalue weighted by Crippen LogP contribution is -2.36. The Hall–Kier alpha value is -1.36. The van der Waals surface area contributed by atoms with Crippen molar-refractivity contribution in [3.63, 3.8) is 0 Å². The van der Waals surface area contributed by atoms with Crippen LogP contribution in [0.5, 0.6) is 0 Å². The van der Waals surface area contributed by atoms with Crippen LogP contribution in [0.15, 0.2) is 28.7 Å². The number of hydrogen-bond acceptors (Lipinski definition) is 4. The average Bonchev–Trinajstić information content (AvgIpc) is 2.84. The van der Waals surface area contributed by atoms with E-state index in [0.717, 1.165) is 37.5 Å². The molecule has 4 heteroatoms. The van der Waals surface area contributed by atoms with Crippen LogP contribution < -0.4 is 11.1 Å². The van der Waals surface area contributed by atoms with Gasteiger partial charge in [0.15, 0.2) is 0 Å². The quantitative estimate of drug-likeness (QED) is 0.784. The van der Waals surface area contributed by atoms with Crippen LogP contribution in [0.1, 0.15) is 31.2 Å². The second-order valence-electron chi connectivity index (χ2n) is 5.34. The van der Waals surface area contributed by atoms with Crippen molar-refractivity contribution in [3.05, 3.63) is 35.6 Å². The van der Waals surface area contributed by atoms with Crippen molar-refractivity contribution in [2.75, 3.05) is 32.7 Å². The van der Waals surface area contributed by atoms with Crippen LogP contribution in [0, 0.1) is 6.92 Å². The highest BCUT2D eigenvalue weighted by Gasteiger charge is 2.18. The summed E-state index contributed by atoms with van der Waals surface area (Å²) in [6, 6.07) is 8.31. The van der Waals surface area contributed by atoms with Gasteiger partial charge < -0.3 is 20.4 Å². The van der Waals surface area contributed by atoms with Crippen molar-refractivity contribution < 1.29 is 4.42 Å². The van der Waals surface area contributed by atoms with Crippen LogP contribution >= 0.6 is 0 Å². The van der Waals surface area contributed by atoms with Crippen molar-refractivity contribution in [1.82, 2.24) is 10.2 Å². The molecule has 1 unspecified atom stereocenters. The molecule has 21 heavy (non-hydrogen) atoms. The molecule has 0 saturated carbocycles. The Kier molecular flexibility index (Phi) is 5.79. The van der Waals surface area contributed by atoms with Crippen LogP contribution in [0.25, 0.3) is 11.0 Å². The molecule has 1 aromatic heterocycles. The second-order valence-corrected chi connectivity index (χ2v) is 5.34. The molecular weight excluding hydrogens is 262 g/mol. The maximum Gasteiger partial charge on any atom is 0.134 e. The number of benzene rings is 1. The average molecular weight is 289 g/mol. The fraction of sp³-hybridized carbons (Fsp3) is 0.529. The molecule has 116 valence electrons. The van der Waals surface area contributed by atoms with Crippen molar-refractivity contribution in [3.8, 4) is 0 Å². The molecule has 0 radical (unpaired) electrons. The highest BCUT2D eigenvalue weighted by Crippen LogP contribution is 2.29. The molecule has 0 aliphatic heterocycles. The summed E-state index contributed by atoms with van der Waals surface area (Å²) >= 11 is 0. The number of para-hydroxylation sites is 1. The molecule has 2 aromatic rings. The number of likely N-dealkylation sites (N-methyl/N-ethyl adjacent to an activating group) is 1. The Morgan fingerprint density at radius 2 is 1.95 bits per heavy atom. The SMILES string of the molecule is CCN(CC)CCNC(CN)c1c(C)oc2ccccc12. The van der Waals surface area contributed by atoms with E-state index in [0.29, 0.717) is 6.54 Å². The zero-order chi connectivity index (χ0) is 15.2. The van der Waals surface area contributed by atoms with E-state index >= 15 is 0 Å². The first-order chi connectivity index (χ1) is 10.2. The Morgan fingerprint density at radius 3 is 2.62 bits per heavy atom. The van der Waals surface area contributed by atoms with Crippen molar-refractivity contribution in [2.24, 2.45) is 5.73 Å². The highest BCUT2D eigenvalue weighted by molar-refractivity contribution is 5.82. The van der Waals surface area contributed by atoms with Crippen molar-refractivity contribution >= 4 is 11.0 Å². The molecule has 0 fully saturated rings. The number of nitrogens with two attached hydrogens (primary N) is 1. The fourth-order valence-corrected chi connectivity index (χ4v) is 2.86. The third kappa shape index (κ3) is 3.64. The summed E-state index contributed by atoms with van der Waals surface area (Å²) in [5, 5.41) is 4.74. The number of furan rings is 1. The fourth-order valence-electron chi connectivity index (χ4n) is 2.86. The highest BCUT2D eigenvalue weighted by atomic mass is 16.3. The van der Waals surface area contributed by atoms with Gasteiger partial charge >= 0.3 is 0 Å². The second kappa shape index (κ2) is 7.59. The molecule has 0 aliphatic carbocycles. The minimum Gasteiger partial charge on any atom is -0.461 e. The molecule has 3 N–H and O–H groups in total. The molecular formula is C17H27N3O. The third-order valence-corrected chi connectivity index (χ3v) is 4.12. The van der Waals surface area contributed by atoms with Crippen LogP contribution in [0.4, 0.5) is 0 Å². The van der Waals surface area contributed by atoms with E-state index < -0.39 is 0 Å². The number of hydrogen-bond donors (Lipinski definition) is 2. The first kappa shape index (κ1) is 16.0. The maximum absolute atomic E-state index is 5.99. The topological polar surface area (TPSA) is 54.4 Å². The molecule has 1 heterocycles. The van der Waals surface area contributed by atoms with E-state index in [1.807, 2.05) is 25.1 Å². The standard InChI is InChI=1S/C17H27N3O/c1-4-20(5-2)11-10-19-15(12-18)17-13(3)21-16-9-7-6-8-14(16)17/h6-9,15,19H,4-5,10-12,18H2,1-3H3. The zero-order valence-electron chi connectivity index (χ0n) is 13.4. The monoisotopic (exact) mass is 289 g/mol. The molecule has 2 rings (SSSR count). The van der Waals surface area contributed by atoms with Gasteiger partial charge in [-0.1, -0.05) is 32.0 Å². The van der Waals surface area contributed by atoms with Gasteiger partial charge in [0.25, 0.3) is 0 Å². The minimum absolute atomic E-state index is 0.143. The van der Waals surface area contributed by atoms with Gasteiger partial charge in [0, 0.05) is 36.6 Å². The molecule has 1 atom stereocenters. The first-order valence-electron chi connectivity index (χ1n) is 7.85. The normalized spacial score (nSPS) is 13.2. The summed E-state index contributed by atoms with van der Waals surface area (Å²) < 4.78 is 5.85. The Bertz CT molecular complexity index is 560. The van der Waals surface area contributed by atoms with E-state index in [1.54, 1.807) is 0 Å². The molecule has 0 spiro atoms. The Balaban J connectivity index is 2.11. The predicted molar refractivity (Wildman–Crippen MR) is 88.5 cm³/mol. The number of fused-ring (bicyclic) bond motifs is 1. The van der Waals surface area contributed by atoms with Crippen LogP contribution in [-0.2, 0) is 0 Å². The lowest BCUT2D eigenvalue weighted by molar-refractivity contribution is 0.296. The van der Waals surface area contributed by atoms with Gasteiger partial charge in [-0.3, -0.25) is 0 Å². The summed E-state index contributed by atoms with van der Waals surface area (Å²) in [5.74, 6) is 0.960. The zero-order valence-corrected chi connectivity index (χ0v) is 13.4. The summed E-state index contributed by atoms with van der Waals surface area (Å²) in [4.78, 5) is 2.40. The van der Waals surface area contributed by atoms with Gasteiger partial charge in [-0.05, 0) is 26.1 Å². The summed E-state index contributed by atoms with van der Waals surface area (Å²) in [6.45, 7) is 11.1. The van der Waals surface area contributed by atoms with E-state index in [4.69, 9.17) is 10.2 Å². The predicted octanol–water partition coefficient (Wildman–Crippen LogP) is 2.67. The van der Waals surface area contributed by atoms with Gasteiger partial charge in [0.1, 0.15) is 11.3 Å². The lowest BCUT2D eigenvalue weighted by Gasteiger charge is -2.21. The molecule has 4 nitrogen and oxygen atoms in total. The third-order valence-electron chi connectivity index (χ3n) is 4.12. The lowest BCUT2D eigenvalue weighted by atomic mass is 10.0. The minimum atomic E-state index is 0.143. The van der Waals surface area contributed by atoms with E-state index in [-0.39, 0.29) is 6.04 Å². The smallest absolute Gasteiger partial charge is 0.134 e. The summed E-state index contributed by atoms with van der Waals surface area (Å²) in [7, 11) is 0. The van der Waals surface area contributed by atoms with Gasteiger partial charge in [0.2, 0.25) is 0 Å². The van der Waals surface area contributed by atoms with Crippen LogP contribution in [0.2, 0.25) is 0 Å². The van der Waals surface area contributed by atoms with E-state index in [1.165, 1.54) is 10.9 Å². The molecule has 0 bridgehead atoms. The summed E-state index contributed by atoms with van der Waals surface area (Å²) in [5.41, 5.74) is 8.13. The van der Waals surface area contributed by atoms with Gasteiger partial charge in [-0.2, -0.15) is 0 Å². The van der Waals surface area contributed by atoms with E-state index in [9.17, 15) is 0 Å². The number of nitrogens with zero attached hydrogens (tertiary/aromatic N) is 1. The van der Waals surface area contributed by atoms with Gasteiger partial charge in [-0.15, -0.1) is 0 Å². The molecule has 0 saturated heterocycles. The largest absolute Gasteiger partial charge is 0.461 e. The number of nitrogens with one attached hydrogen (secondary N) is 1. The Labute approximate surface area is 127 Å². The maximum atomic E-state index is 5.99. The van der Waals surface area contributed by atoms with Gasteiger partial charge in [0.05, 0.1) is 0 Å². The van der Waals surface area contributed by atoms with Crippen molar-refractivity contribution in [2.45, 2.75) is 26.8 Å².